The molecule has 1 amide bonds. The third-order valence-electron chi connectivity index (χ3n) is 1.67. The molecular formula is C10H12FNO2. The third kappa shape index (κ3) is 2.81. The molecule has 0 saturated carbocycles. The molecule has 0 bridgehead atoms. The number of hydroxylamine groups is 2. The molecule has 14 heavy (non-hydrogen) atoms. The Kier molecular flexibility index (Phi) is 4.07. The van der Waals surface area contributed by atoms with Gasteiger partial charge in [-0.3, -0.25) is 9.63 Å². The minimum Gasteiger partial charge on any atom is -0.268 e. The number of benzene rings is 1. The summed E-state index contributed by atoms with van der Waals surface area (Å²) in [6, 6.07) is 8.70. The second-order valence-electron chi connectivity index (χ2n) is 2.69. The molecule has 0 fully saturated rings. The number of carbonyl (C=O) groups is 1. The number of carbonyl (C=O) groups excluding carboxylic acids is 1. The standard InChI is InChI=1S/C10H12FNO2/c1-12(14-8-7-11)10(13)9-5-3-2-4-6-9/h2-6H,7-8H2,1H3. The van der Waals surface area contributed by atoms with E-state index in [9.17, 15) is 9.18 Å². The van der Waals surface area contributed by atoms with E-state index in [0.717, 1.165) is 5.06 Å². The molecule has 0 radical (unpaired) electrons. The van der Waals surface area contributed by atoms with Gasteiger partial charge < -0.3 is 0 Å². The minimum absolute atomic E-state index is 0.102. The largest absolute Gasteiger partial charge is 0.277 e. The number of amides is 1. The molecule has 1 aromatic carbocycles. The van der Waals surface area contributed by atoms with Gasteiger partial charge in [0.2, 0.25) is 0 Å². The Balaban J connectivity index is 2.57. The molecule has 0 atom stereocenters. The van der Waals surface area contributed by atoms with Crippen molar-refractivity contribution in [2.75, 3.05) is 20.3 Å². The highest BCUT2D eigenvalue weighted by Crippen LogP contribution is 2.02. The molecule has 0 N–H and O–H groups in total. The number of nitrogens with zero attached hydrogens (tertiary/aromatic N) is 1. The Morgan fingerprint density at radius 2 is 2.07 bits per heavy atom. The van der Waals surface area contributed by atoms with Crippen LogP contribution in [0.2, 0.25) is 0 Å². The van der Waals surface area contributed by atoms with Gasteiger partial charge in [0.15, 0.2) is 0 Å². The first kappa shape index (κ1) is 10.7. The van der Waals surface area contributed by atoms with Gasteiger partial charge in [-0.1, -0.05) is 18.2 Å². The first-order valence-corrected chi connectivity index (χ1v) is 4.27. The number of halogens is 1. The lowest BCUT2D eigenvalue weighted by Gasteiger charge is -2.15. The van der Waals surface area contributed by atoms with E-state index in [-0.39, 0.29) is 12.5 Å². The van der Waals surface area contributed by atoms with Gasteiger partial charge >= 0.3 is 0 Å². The van der Waals surface area contributed by atoms with Crippen molar-refractivity contribution in [1.29, 1.82) is 0 Å². The van der Waals surface area contributed by atoms with E-state index in [1.165, 1.54) is 7.05 Å². The van der Waals surface area contributed by atoms with Crippen LogP contribution in [0.25, 0.3) is 0 Å². The zero-order valence-corrected chi connectivity index (χ0v) is 7.94. The van der Waals surface area contributed by atoms with Crippen LogP contribution in [0.15, 0.2) is 30.3 Å². The molecule has 0 heterocycles. The van der Waals surface area contributed by atoms with Crippen LogP contribution in [0, 0.1) is 0 Å². The highest BCUT2D eigenvalue weighted by molar-refractivity contribution is 5.93. The van der Waals surface area contributed by atoms with Crippen molar-refractivity contribution < 1.29 is 14.0 Å². The fraction of sp³-hybridized carbons (Fsp3) is 0.300. The maximum absolute atomic E-state index is 11.8. The lowest BCUT2D eigenvalue weighted by Crippen LogP contribution is -2.27. The van der Waals surface area contributed by atoms with E-state index in [1.54, 1.807) is 24.3 Å². The van der Waals surface area contributed by atoms with Crippen LogP contribution in [-0.2, 0) is 4.84 Å². The normalized spacial score (nSPS) is 9.86. The summed E-state index contributed by atoms with van der Waals surface area (Å²) in [5, 5.41) is 1.04. The maximum atomic E-state index is 11.8. The average molecular weight is 197 g/mol. The van der Waals surface area contributed by atoms with Gasteiger partial charge in [-0.2, -0.15) is 0 Å². The Bertz CT molecular complexity index is 289. The van der Waals surface area contributed by atoms with Crippen molar-refractivity contribution in [3.8, 4) is 0 Å². The summed E-state index contributed by atoms with van der Waals surface area (Å²) in [5.74, 6) is -0.279. The monoisotopic (exact) mass is 197 g/mol. The predicted octanol–water partition coefficient (Wildman–Crippen LogP) is 1.66. The Labute approximate surface area is 82.0 Å². The van der Waals surface area contributed by atoms with E-state index in [1.807, 2.05) is 6.07 Å². The van der Waals surface area contributed by atoms with E-state index >= 15 is 0 Å². The molecule has 0 aliphatic carbocycles. The van der Waals surface area contributed by atoms with Gasteiger partial charge in [0.1, 0.15) is 13.3 Å². The Morgan fingerprint density at radius 3 is 2.64 bits per heavy atom. The molecule has 4 heteroatoms. The van der Waals surface area contributed by atoms with Gasteiger partial charge in [-0.15, -0.1) is 0 Å². The van der Waals surface area contributed by atoms with E-state index < -0.39 is 6.67 Å². The van der Waals surface area contributed by atoms with Crippen molar-refractivity contribution in [2.24, 2.45) is 0 Å². The van der Waals surface area contributed by atoms with Crippen molar-refractivity contribution >= 4 is 5.91 Å². The number of rotatable bonds is 4. The molecule has 1 rings (SSSR count). The molecule has 76 valence electrons. The molecule has 0 spiro atoms. The fourth-order valence-corrected chi connectivity index (χ4v) is 0.993. The van der Waals surface area contributed by atoms with Gasteiger partial charge in [-0.25, -0.2) is 9.45 Å². The summed E-state index contributed by atoms with van der Waals surface area (Å²) in [5.41, 5.74) is 0.522. The van der Waals surface area contributed by atoms with Crippen LogP contribution in [0.3, 0.4) is 0 Å². The molecule has 0 aromatic heterocycles. The number of hydrogen-bond acceptors (Lipinski definition) is 2. The van der Waals surface area contributed by atoms with Crippen LogP contribution in [0.5, 0.6) is 0 Å². The Morgan fingerprint density at radius 1 is 1.43 bits per heavy atom. The molecule has 3 nitrogen and oxygen atoms in total. The summed E-state index contributed by atoms with van der Waals surface area (Å²) in [7, 11) is 1.46. The fourth-order valence-electron chi connectivity index (χ4n) is 0.993. The second kappa shape index (κ2) is 5.34. The molecule has 0 unspecified atom stereocenters. The number of hydrogen-bond donors (Lipinski definition) is 0. The van der Waals surface area contributed by atoms with E-state index in [0.29, 0.717) is 5.56 Å². The van der Waals surface area contributed by atoms with Crippen LogP contribution in [0.4, 0.5) is 4.39 Å². The zero-order chi connectivity index (χ0) is 10.4. The van der Waals surface area contributed by atoms with Crippen molar-refractivity contribution in [3.63, 3.8) is 0 Å². The summed E-state index contributed by atoms with van der Waals surface area (Å²) in [6.45, 7) is -0.707. The third-order valence-corrected chi connectivity index (χ3v) is 1.67. The van der Waals surface area contributed by atoms with Gasteiger partial charge in [-0.05, 0) is 12.1 Å². The van der Waals surface area contributed by atoms with E-state index in [2.05, 4.69) is 0 Å². The zero-order valence-electron chi connectivity index (χ0n) is 7.94. The Hall–Kier alpha value is -1.42. The van der Waals surface area contributed by atoms with Crippen LogP contribution in [-0.4, -0.2) is 31.3 Å². The van der Waals surface area contributed by atoms with Crippen molar-refractivity contribution in [2.45, 2.75) is 0 Å². The predicted molar refractivity (Wildman–Crippen MR) is 50.5 cm³/mol. The highest BCUT2D eigenvalue weighted by atomic mass is 19.1. The first-order chi connectivity index (χ1) is 6.75. The summed E-state index contributed by atoms with van der Waals surface area (Å²) < 4.78 is 11.8. The van der Waals surface area contributed by atoms with E-state index in [4.69, 9.17) is 4.84 Å². The maximum Gasteiger partial charge on any atom is 0.277 e. The van der Waals surface area contributed by atoms with Crippen LogP contribution in [0.1, 0.15) is 10.4 Å². The molecular weight excluding hydrogens is 185 g/mol. The molecule has 0 aliphatic heterocycles. The summed E-state index contributed by atoms with van der Waals surface area (Å²) in [4.78, 5) is 16.3. The molecule has 0 saturated heterocycles. The van der Waals surface area contributed by atoms with Gasteiger partial charge in [0, 0.05) is 12.6 Å². The average Bonchev–Trinajstić information content (AvgIpc) is 2.26. The summed E-state index contributed by atoms with van der Waals surface area (Å²) >= 11 is 0. The summed E-state index contributed by atoms with van der Waals surface area (Å²) in [6.07, 6.45) is 0. The quantitative estimate of drug-likeness (QED) is 0.687. The smallest absolute Gasteiger partial charge is 0.268 e. The van der Waals surface area contributed by atoms with Gasteiger partial charge in [0.05, 0.1) is 0 Å². The first-order valence-electron chi connectivity index (χ1n) is 4.27. The van der Waals surface area contributed by atoms with Crippen molar-refractivity contribution in [3.05, 3.63) is 35.9 Å². The lowest BCUT2D eigenvalue weighted by molar-refractivity contribution is -0.108. The second-order valence-corrected chi connectivity index (χ2v) is 2.69. The van der Waals surface area contributed by atoms with Gasteiger partial charge in [0.25, 0.3) is 5.91 Å². The highest BCUT2D eigenvalue weighted by Gasteiger charge is 2.10. The SMILES string of the molecule is CN(OCCF)C(=O)c1ccccc1. The van der Waals surface area contributed by atoms with Crippen molar-refractivity contribution in [1.82, 2.24) is 5.06 Å². The molecule has 0 aliphatic rings. The van der Waals surface area contributed by atoms with Crippen LogP contribution >= 0.6 is 0 Å². The topological polar surface area (TPSA) is 29.5 Å². The minimum atomic E-state index is -0.605. The number of alkyl halides is 1. The lowest BCUT2D eigenvalue weighted by atomic mass is 10.2. The van der Waals surface area contributed by atoms with Crippen LogP contribution < -0.4 is 0 Å². The molecule has 1 aromatic rings.